The van der Waals surface area contributed by atoms with Crippen molar-refractivity contribution >= 4 is 7.60 Å². The summed E-state index contributed by atoms with van der Waals surface area (Å²) in [6.45, 7) is 4.22. The molecule has 34 heavy (non-hydrogen) atoms. The molecule has 0 heterocycles. The van der Waals surface area contributed by atoms with Gasteiger partial charge in [-0.05, 0) is 39.5 Å². The Morgan fingerprint density at radius 2 is 0.853 bits per heavy atom. The normalized spacial score (nSPS) is 13.6. The Morgan fingerprint density at radius 1 is 0.529 bits per heavy atom. The van der Waals surface area contributed by atoms with Gasteiger partial charge in [0.15, 0.2) is 0 Å². The molecule has 0 saturated carbocycles. The van der Waals surface area contributed by atoms with Crippen molar-refractivity contribution in [3.05, 3.63) is 0 Å². The van der Waals surface area contributed by atoms with Crippen molar-refractivity contribution in [1.29, 1.82) is 0 Å². The van der Waals surface area contributed by atoms with Gasteiger partial charge in [-0.15, -0.1) is 0 Å². The van der Waals surface area contributed by atoms with Gasteiger partial charge in [0, 0.05) is 19.3 Å². The zero-order chi connectivity index (χ0) is 26.1. The van der Waals surface area contributed by atoms with Crippen LogP contribution in [0.5, 0.6) is 0 Å². The van der Waals surface area contributed by atoms with Crippen LogP contribution in [-0.4, -0.2) is 37.4 Å². The van der Waals surface area contributed by atoms with E-state index in [2.05, 4.69) is 0 Å². The van der Waals surface area contributed by atoms with Gasteiger partial charge >= 0.3 is 25.6 Å². The minimum absolute atomic E-state index is 0.0131. The molecule has 0 radical (unpaired) electrons. The van der Waals surface area contributed by atoms with Crippen molar-refractivity contribution in [2.75, 3.05) is 19.4 Å². The van der Waals surface area contributed by atoms with Crippen molar-refractivity contribution in [2.24, 2.45) is 0 Å². The summed E-state index contributed by atoms with van der Waals surface area (Å²) in [5, 5.41) is 0. The molecule has 0 aliphatic heterocycles. The number of rotatable bonds is 22. The first-order valence-corrected chi connectivity index (χ1v) is 14.2. The van der Waals surface area contributed by atoms with Crippen LogP contribution in [0.2, 0.25) is 0 Å². The van der Waals surface area contributed by atoms with Gasteiger partial charge in [-0.3, -0.25) is 4.57 Å². The van der Waals surface area contributed by atoms with E-state index >= 15 is 0 Å². The average Bonchev–Trinajstić information content (AvgIpc) is 2.71. The number of hydrogen-bond acceptors (Lipinski definition) is 3. The third kappa shape index (κ3) is 16.4. The van der Waals surface area contributed by atoms with Crippen molar-refractivity contribution in [2.45, 2.75) is 128 Å². The first-order valence-electron chi connectivity index (χ1n) is 12.5. The van der Waals surface area contributed by atoms with E-state index in [4.69, 9.17) is 9.05 Å². The van der Waals surface area contributed by atoms with Crippen LogP contribution in [0.3, 0.4) is 0 Å². The number of halogens is 7. The highest BCUT2D eigenvalue weighted by Gasteiger charge is 2.54. The standard InChI is InChI=1S/C23H42F7O3P/c1-3-32-34(31,33-4-2)20-16-11-9-7-5-6-8-10-13-17-21(24,25)22(26,27)18-14-12-15-19-23(28,29)30/h3-20H2,1-2H3. The molecule has 0 spiro atoms. The molecular weight excluding hydrogens is 488 g/mol. The Labute approximate surface area is 200 Å². The maximum atomic E-state index is 13.9. The molecule has 206 valence electrons. The molecule has 0 rings (SSSR count). The van der Waals surface area contributed by atoms with Crippen LogP contribution < -0.4 is 0 Å². The monoisotopic (exact) mass is 530 g/mol. The van der Waals surface area contributed by atoms with Crippen molar-refractivity contribution in [3.63, 3.8) is 0 Å². The first-order chi connectivity index (χ1) is 15.8. The van der Waals surface area contributed by atoms with E-state index in [0.717, 1.165) is 38.5 Å². The zero-order valence-corrected chi connectivity index (χ0v) is 21.4. The molecule has 0 amide bonds. The fourth-order valence-corrected chi connectivity index (χ4v) is 5.40. The number of hydrogen-bond donors (Lipinski definition) is 0. The molecule has 0 N–H and O–H groups in total. The second-order valence-electron chi connectivity index (χ2n) is 8.69. The summed E-state index contributed by atoms with van der Waals surface area (Å²) in [6, 6.07) is 0. The van der Waals surface area contributed by atoms with Crippen LogP contribution in [0.4, 0.5) is 30.7 Å². The molecule has 0 aliphatic rings. The molecule has 0 atom stereocenters. The number of alkyl halides is 7. The van der Waals surface area contributed by atoms with E-state index in [1.54, 1.807) is 13.8 Å². The summed E-state index contributed by atoms with van der Waals surface area (Å²) < 4.78 is 114. The van der Waals surface area contributed by atoms with E-state index in [0.29, 0.717) is 32.2 Å². The summed E-state index contributed by atoms with van der Waals surface area (Å²) >= 11 is 0. The Kier molecular flexibility index (Phi) is 17.0. The van der Waals surface area contributed by atoms with E-state index in [9.17, 15) is 35.3 Å². The molecule has 0 aromatic carbocycles. The van der Waals surface area contributed by atoms with Crippen LogP contribution in [0, 0.1) is 0 Å². The maximum Gasteiger partial charge on any atom is 0.389 e. The summed E-state index contributed by atoms with van der Waals surface area (Å²) in [5.74, 6) is -8.33. The summed E-state index contributed by atoms with van der Waals surface area (Å²) in [4.78, 5) is 0. The lowest BCUT2D eigenvalue weighted by molar-refractivity contribution is -0.216. The van der Waals surface area contributed by atoms with Crippen LogP contribution in [0.15, 0.2) is 0 Å². The molecule has 0 bridgehead atoms. The van der Waals surface area contributed by atoms with Crippen molar-refractivity contribution in [1.82, 2.24) is 0 Å². The molecule has 0 fully saturated rings. The lowest BCUT2D eigenvalue weighted by Crippen LogP contribution is -2.40. The molecular formula is C23H42F7O3P. The van der Waals surface area contributed by atoms with E-state index in [-0.39, 0.29) is 25.7 Å². The van der Waals surface area contributed by atoms with Gasteiger partial charge in [-0.1, -0.05) is 51.4 Å². The summed E-state index contributed by atoms with van der Waals surface area (Å²) in [5.41, 5.74) is 0. The van der Waals surface area contributed by atoms with Crippen LogP contribution in [0.1, 0.15) is 110 Å². The van der Waals surface area contributed by atoms with Gasteiger partial charge in [0.1, 0.15) is 0 Å². The topological polar surface area (TPSA) is 35.5 Å². The quantitative estimate of drug-likeness (QED) is 0.0794. The van der Waals surface area contributed by atoms with Gasteiger partial charge in [0.05, 0.1) is 19.4 Å². The Balaban J connectivity index is 3.84. The van der Waals surface area contributed by atoms with E-state index < -0.39 is 44.9 Å². The predicted molar refractivity (Wildman–Crippen MR) is 121 cm³/mol. The molecule has 11 heteroatoms. The highest BCUT2D eigenvalue weighted by Crippen LogP contribution is 2.48. The van der Waals surface area contributed by atoms with Crippen molar-refractivity contribution < 1.29 is 44.3 Å². The summed E-state index contributed by atoms with van der Waals surface area (Å²) in [7, 11) is -2.99. The van der Waals surface area contributed by atoms with Gasteiger partial charge in [0.2, 0.25) is 0 Å². The fourth-order valence-electron chi connectivity index (χ4n) is 3.66. The van der Waals surface area contributed by atoms with Gasteiger partial charge in [-0.2, -0.15) is 30.7 Å². The minimum Gasteiger partial charge on any atom is -0.309 e. The fraction of sp³-hybridized carbons (Fsp3) is 1.00. The smallest absolute Gasteiger partial charge is 0.309 e. The van der Waals surface area contributed by atoms with E-state index in [1.165, 1.54) is 0 Å². The van der Waals surface area contributed by atoms with Crippen LogP contribution in [0.25, 0.3) is 0 Å². The van der Waals surface area contributed by atoms with E-state index in [1.807, 2.05) is 0 Å². The van der Waals surface area contributed by atoms with Crippen molar-refractivity contribution in [3.8, 4) is 0 Å². The van der Waals surface area contributed by atoms with Crippen LogP contribution in [-0.2, 0) is 13.6 Å². The highest BCUT2D eigenvalue weighted by molar-refractivity contribution is 7.53. The lowest BCUT2D eigenvalue weighted by Gasteiger charge is -2.26. The second-order valence-corrected chi connectivity index (χ2v) is 10.9. The third-order valence-corrected chi connectivity index (χ3v) is 7.73. The molecule has 0 aromatic rings. The molecule has 0 aliphatic carbocycles. The first kappa shape index (κ1) is 33.7. The molecule has 0 saturated heterocycles. The average molecular weight is 531 g/mol. The third-order valence-electron chi connectivity index (χ3n) is 5.56. The Morgan fingerprint density at radius 3 is 1.24 bits per heavy atom. The van der Waals surface area contributed by atoms with Crippen LogP contribution >= 0.6 is 7.60 Å². The van der Waals surface area contributed by atoms with Gasteiger partial charge in [-0.25, -0.2) is 0 Å². The highest BCUT2D eigenvalue weighted by atomic mass is 31.2. The maximum absolute atomic E-state index is 13.9. The van der Waals surface area contributed by atoms with Gasteiger partial charge < -0.3 is 9.05 Å². The zero-order valence-electron chi connectivity index (χ0n) is 20.5. The predicted octanol–water partition coefficient (Wildman–Crippen LogP) is 9.94. The largest absolute Gasteiger partial charge is 0.389 e. The Bertz CT molecular complexity index is 547. The summed E-state index contributed by atoms with van der Waals surface area (Å²) in [6.07, 6.45) is -1.50. The Hall–Kier alpha value is -0.340. The molecule has 3 nitrogen and oxygen atoms in total. The van der Waals surface area contributed by atoms with Gasteiger partial charge in [0.25, 0.3) is 0 Å². The number of unbranched alkanes of at least 4 members (excludes halogenated alkanes) is 10. The molecule has 0 aromatic heterocycles. The second kappa shape index (κ2) is 17.2. The SMILES string of the molecule is CCOP(=O)(CCCCCCCCCCCC(F)(F)C(F)(F)CCCCCC(F)(F)F)OCC. The molecule has 0 unspecified atom stereocenters. The lowest BCUT2D eigenvalue weighted by atomic mass is 9.98. The minimum atomic E-state index is -4.36.